The maximum Gasteiger partial charge on any atom is 0.316 e. The second-order valence-corrected chi connectivity index (χ2v) is 5.29. The van der Waals surface area contributed by atoms with Gasteiger partial charge >= 0.3 is 6.01 Å². The van der Waals surface area contributed by atoms with Gasteiger partial charge in [0.05, 0.1) is 19.3 Å². The highest BCUT2D eigenvalue weighted by Gasteiger charge is 2.32. The number of aromatic nitrogens is 2. The van der Waals surface area contributed by atoms with Crippen LogP contribution in [0, 0.1) is 5.41 Å². The van der Waals surface area contributed by atoms with E-state index in [-0.39, 0.29) is 17.6 Å². The molecule has 1 rings (SSSR count). The summed E-state index contributed by atoms with van der Waals surface area (Å²) in [6.45, 7) is 6.45. The van der Waals surface area contributed by atoms with Gasteiger partial charge in [0, 0.05) is 25.1 Å². The number of nitrogens with one attached hydrogen (secondary N) is 1. The zero-order valence-electron chi connectivity index (χ0n) is 12.0. The fourth-order valence-electron chi connectivity index (χ4n) is 2.07. The summed E-state index contributed by atoms with van der Waals surface area (Å²) in [6.07, 6.45) is 3.56. The lowest BCUT2D eigenvalue weighted by molar-refractivity contribution is -0.0103. The molecule has 1 aromatic heterocycles. The lowest BCUT2D eigenvalue weighted by Crippen LogP contribution is -2.40. The highest BCUT2D eigenvalue weighted by molar-refractivity contribution is 5.15. The molecule has 1 heterocycles. The first-order valence-corrected chi connectivity index (χ1v) is 6.00. The summed E-state index contributed by atoms with van der Waals surface area (Å²) in [4.78, 5) is 8.27. The summed E-state index contributed by atoms with van der Waals surface area (Å²) in [7, 11) is 5.19. The molecule has 0 bridgehead atoms. The smallest absolute Gasteiger partial charge is 0.316 e. The lowest BCUT2D eigenvalue weighted by Gasteiger charge is -2.35. The maximum atomic E-state index is 5.63. The van der Waals surface area contributed by atoms with Crippen LogP contribution in [0.5, 0.6) is 6.01 Å². The van der Waals surface area contributed by atoms with Crippen LogP contribution < -0.4 is 10.1 Å². The van der Waals surface area contributed by atoms with E-state index in [0.29, 0.717) is 6.01 Å². The number of rotatable bonds is 5. The minimum atomic E-state index is 0.0162. The van der Waals surface area contributed by atoms with Crippen molar-refractivity contribution in [2.75, 3.05) is 21.3 Å². The molecule has 0 aliphatic heterocycles. The average molecular weight is 253 g/mol. The molecule has 2 atom stereocenters. The summed E-state index contributed by atoms with van der Waals surface area (Å²) in [5, 5.41) is 3.27. The Bertz CT molecular complexity index is 359. The van der Waals surface area contributed by atoms with Crippen molar-refractivity contribution in [2.45, 2.75) is 32.9 Å². The first kappa shape index (κ1) is 14.9. The highest BCUT2D eigenvalue weighted by Crippen LogP contribution is 2.31. The normalized spacial score (nSPS) is 15.2. The number of nitrogens with zero attached hydrogens (tertiary/aromatic N) is 2. The minimum absolute atomic E-state index is 0.0162. The first-order valence-electron chi connectivity index (χ1n) is 6.00. The molecule has 1 N–H and O–H groups in total. The fraction of sp³-hybridized carbons (Fsp3) is 0.692. The summed E-state index contributed by atoms with van der Waals surface area (Å²) >= 11 is 0. The average Bonchev–Trinajstić information content (AvgIpc) is 2.34. The predicted molar refractivity (Wildman–Crippen MR) is 70.6 cm³/mol. The van der Waals surface area contributed by atoms with Crippen LogP contribution in [-0.2, 0) is 4.74 Å². The second-order valence-electron chi connectivity index (χ2n) is 5.29. The van der Waals surface area contributed by atoms with Gasteiger partial charge in [0.25, 0.3) is 0 Å². The largest absolute Gasteiger partial charge is 0.467 e. The predicted octanol–water partition coefficient (Wildman–Crippen LogP) is 1.81. The van der Waals surface area contributed by atoms with E-state index in [1.54, 1.807) is 26.6 Å². The molecule has 0 saturated carbocycles. The monoisotopic (exact) mass is 253 g/mol. The molecule has 0 radical (unpaired) electrons. The number of likely N-dealkylation sites (N-methyl/N-ethyl adjacent to an activating group) is 1. The van der Waals surface area contributed by atoms with Gasteiger partial charge in [0.15, 0.2) is 0 Å². The molecule has 18 heavy (non-hydrogen) atoms. The van der Waals surface area contributed by atoms with Crippen molar-refractivity contribution in [1.82, 2.24) is 15.3 Å². The van der Waals surface area contributed by atoms with Crippen molar-refractivity contribution in [3.05, 3.63) is 18.0 Å². The van der Waals surface area contributed by atoms with Gasteiger partial charge in [-0.15, -0.1) is 0 Å². The Morgan fingerprint density at radius 3 is 2.06 bits per heavy atom. The van der Waals surface area contributed by atoms with Gasteiger partial charge < -0.3 is 14.8 Å². The number of ether oxygens (including phenoxy) is 2. The summed E-state index contributed by atoms with van der Waals surface area (Å²) in [6, 6.07) is 0.416. The van der Waals surface area contributed by atoms with Crippen molar-refractivity contribution >= 4 is 0 Å². The van der Waals surface area contributed by atoms with E-state index in [0.717, 1.165) is 5.56 Å². The molecule has 0 aliphatic rings. The lowest BCUT2D eigenvalue weighted by atomic mass is 9.82. The van der Waals surface area contributed by atoms with Crippen LogP contribution in [0.3, 0.4) is 0 Å². The van der Waals surface area contributed by atoms with Crippen molar-refractivity contribution in [2.24, 2.45) is 5.41 Å². The molecule has 5 nitrogen and oxygen atoms in total. The molecular formula is C13H23N3O2. The molecule has 1 aromatic rings. The highest BCUT2D eigenvalue weighted by atomic mass is 16.5. The number of methoxy groups -OCH3 is 2. The summed E-state index contributed by atoms with van der Waals surface area (Å²) in [5.41, 5.74) is 1.00. The zero-order chi connectivity index (χ0) is 13.8. The second kappa shape index (κ2) is 6.11. The Hall–Kier alpha value is -1.20. The van der Waals surface area contributed by atoms with E-state index in [4.69, 9.17) is 9.47 Å². The Balaban J connectivity index is 3.00. The van der Waals surface area contributed by atoms with Crippen LogP contribution in [0.1, 0.15) is 32.4 Å². The Morgan fingerprint density at radius 1 is 1.17 bits per heavy atom. The third-order valence-electron chi connectivity index (χ3n) is 2.91. The van der Waals surface area contributed by atoms with Crippen molar-refractivity contribution < 1.29 is 9.47 Å². The molecule has 102 valence electrons. The van der Waals surface area contributed by atoms with Gasteiger partial charge in [-0.2, -0.15) is 0 Å². The van der Waals surface area contributed by atoms with E-state index < -0.39 is 0 Å². The number of hydrogen-bond donors (Lipinski definition) is 1. The Morgan fingerprint density at radius 2 is 1.72 bits per heavy atom. The van der Waals surface area contributed by atoms with Crippen molar-refractivity contribution in [1.29, 1.82) is 0 Å². The van der Waals surface area contributed by atoms with Gasteiger partial charge in [-0.05, 0) is 12.5 Å². The van der Waals surface area contributed by atoms with Gasteiger partial charge in [-0.1, -0.05) is 20.8 Å². The number of hydrogen-bond acceptors (Lipinski definition) is 5. The van der Waals surface area contributed by atoms with Crippen LogP contribution in [0.4, 0.5) is 0 Å². The third-order valence-corrected chi connectivity index (χ3v) is 2.91. The first-order chi connectivity index (χ1) is 8.43. The van der Waals surface area contributed by atoms with Gasteiger partial charge in [0.2, 0.25) is 0 Å². The van der Waals surface area contributed by atoms with Gasteiger partial charge in [-0.3, -0.25) is 0 Å². The van der Waals surface area contributed by atoms with Crippen LogP contribution >= 0.6 is 0 Å². The van der Waals surface area contributed by atoms with E-state index >= 15 is 0 Å². The molecular weight excluding hydrogens is 230 g/mol. The standard InChI is InChI=1S/C13H23N3O2/c1-13(2,3)11(17-5)10(14-4)9-7-15-12(18-6)16-8-9/h7-8,10-11,14H,1-6H3. The summed E-state index contributed by atoms with van der Waals surface area (Å²) < 4.78 is 10.6. The van der Waals surface area contributed by atoms with Gasteiger partial charge in [-0.25, -0.2) is 9.97 Å². The quantitative estimate of drug-likeness (QED) is 0.867. The zero-order valence-corrected chi connectivity index (χ0v) is 12.0. The minimum Gasteiger partial charge on any atom is -0.467 e. The molecule has 5 heteroatoms. The molecule has 0 fully saturated rings. The molecule has 0 aliphatic carbocycles. The SMILES string of the molecule is CNC(c1cnc(OC)nc1)C(OC)C(C)(C)C. The van der Waals surface area contributed by atoms with Gasteiger partial charge in [0.1, 0.15) is 0 Å². The van der Waals surface area contributed by atoms with Crippen LogP contribution in [0.25, 0.3) is 0 Å². The molecule has 2 unspecified atom stereocenters. The molecule has 0 spiro atoms. The van der Waals surface area contributed by atoms with E-state index in [1.165, 1.54) is 0 Å². The third kappa shape index (κ3) is 3.40. The van der Waals surface area contributed by atoms with Crippen LogP contribution in [0.2, 0.25) is 0 Å². The topological polar surface area (TPSA) is 56.3 Å². The molecule has 0 saturated heterocycles. The van der Waals surface area contributed by atoms with E-state index in [9.17, 15) is 0 Å². The van der Waals surface area contributed by atoms with E-state index in [1.807, 2.05) is 7.05 Å². The van der Waals surface area contributed by atoms with Crippen molar-refractivity contribution in [3.63, 3.8) is 0 Å². The van der Waals surface area contributed by atoms with Crippen LogP contribution in [0.15, 0.2) is 12.4 Å². The molecule has 0 amide bonds. The summed E-state index contributed by atoms with van der Waals surface area (Å²) in [5.74, 6) is 0. The van der Waals surface area contributed by atoms with Crippen LogP contribution in [-0.4, -0.2) is 37.3 Å². The fourth-order valence-corrected chi connectivity index (χ4v) is 2.07. The van der Waals surface area contributed by atoms with E-state index in [2.05, 4.69) is 36.1 Å². The van der Waals surface area contributed by atoms with Crippen molar-refractivity contribution in [3.8, 4) is 6.01 Å². The Kier molecular flexibility index (Phi) is 5.04. The molecule has 0 aromatic carbocycles. The maximum absolute atomic E-state index is 5.63. The Labute approximate surface area is 109 Å².